The van der Waals surface area contributed by atoms with Gasteiger partial charge in [-0.25, -0.2) is 4.79 Å². The first-order valence-electron chi connectivity index (χ1n) is 8.52. The molecule has 0 saturated carbocycles. The average Bonchev–Trinajstić information content (AvgIpc) is 3.00. The van der Waals surface area contributed by atoms with Crippen LogP contribution in [0.2, 0.25) is 0 Å². The van der Waals surface area contributed by atoms with E-state index in [1.54, 1.807) is 18.2 Å². The van der Waals surface area contributed by atoms with Gasteiger partial charge in [0.1, 0.15) is 17.0 Å². The van der Waals surface area contributed by atoms with Crippen LogP contribution in [0.15, 0.2) is 24.9 Å². The van der Waals surface area contributed by atoms with Crippen molar-refractivity contribution < 1.29 is 19.0 Å². The van der Waals surface area contributed by atoms with Gasteiger partial charge in [-0.15, -0.1) is 0 Å². The molecular formula is C19H28N2O4. The molecule has 0 aliphatic carbocycles. The molecule has 0 bridgehead atoms. The summed E-state index contributed by atoms with van der Waals surface area (Å²) in [6, 6.07) is 3.82. The summed E-state index contributed by atoms with van der Waals surface area (Å²) in [6.45, 7) is 12.9. The highest BCUT2D eigenvalue weighted by atomic mass is 16.6. The second-order valence-corrected chi connectivity index (χ2v) is 7.14. The minimum absolute atomic E-state index is 0.326. The molecule has 1 aliphatic heterocycles. The van der Waals surface area contributed by atoms with Crippen molar-refractivity contribution in [1.29, 1.82) is 0 Å². The fourth-order valence-electron chi connectivity index (χ4n) is 2.83. The van der Waals surface area contributed by atoms with Crippen LogP contribution in [-0.4, -0.2) is 48.4 Å². The number of rotatable bonds is 5. The summed E-state index contributed by atoms with van der Waals surface area (Å²) in [5, 5.41) is 0. The lowest BCUT2D eigenvalue weighted by atomic mass is 9.97. The van der Waals surface area contributed by atoms with Crippen LogP contribution in [0.1, 0.15) is 45.4 Å². The second kappa shape index (κ2) is 7.44. The average molecular weight is 348 g/mol. The molecule has 6 nitrogen and oxygen atoms in total. The minimum atomic E-state index is -0.623. The summed E-state index contributed by atoms with van der Waals surface area (Å²) in [7, 11) is 1.65. The van der Waals surface area contributed by atoms with Crippen LogP contribution >= 0.6 is 0 Å². The van der Waals surface area contributed by atoms with E-state index in [4.69, 9.17) is 14.2 Å². The zero-order valence-corrected chi connectivity index (χ0v) is 15.8. The molecule has 0 radical (unpaired) electrons. The predicted octanol–water partition coefficient (Wildman–Crippen LogP) is 3.57. The van der Waals surface area contributed by atoms with Crippen LogP contribution < -0.4 is 0 Å². The van der Waals surface area contributed by atoms with E-state index in [-0.39, 0.29) is 6.09 Å². The fourth-order valence-corrected chi connectivity index (χ4v) is 2.83. The standard InChI is InChI=1S/C19H28N2O4/c1-7-24-14(2)15-8-9-16(20-12-15)19(23-6)10-11-21(13-19)17(22)25-18(3,4)5/h8-9,12H,2,7,10-11,13H2,1,3-6H3. The number of hydrogen-bond acceptors (Lipinski definition) is 5. The summed E-state index contributed by atoms with van der Waals surface area (Å²) in [6.07, 6.45) is 2.07. The number of likely N-dealkylation sites (tertiary alicyclic amines) is 1. The van der Waals surface area contributed by atoms with E-state index in [1.807, 2.05) is 39.8 Å². The molecule has 2 rings (SSSR count). The molecule has 6 heteroatoms. The third kappa shape index (κ3) is 4.51. The van der Waals surface area contributed by atoms with Crippen molar-refractivity contribution in [3.63, 3.8) is 0 Å². The third-order valence-electron chi connectivity index (χ3n) is 4.15. The number of nitrogens with zero attached hydrogens (tertiary/aromatic N) is 2. The van der Waals surface area contributed by atoms with Crippen LogP contribution in [0, 0.1) is 0 Å². The van der Waals surface area contributed by atoms with Gasteiger partial charge in [-0.1, -0.05) is 6.58 Å². The molecule has 138 valence electrons. The first kappa shape index (κ1) is 19.2. The first-order chi connectivity index (χ1) is 11.7. The van der Waals surface area contributed by atoms with E-state index in [0.717, 1.165) is 11.3 Å². The van der Waals surface area contributed by atoms with Crippen molar-refractivity contribution in [2.45, 2.75) is 45.3 Å². The Balaban J connectivity index is 2.14. The maximum absolute atomic E-state index is 12.3. The second-order valence-electron chi connectivity index (χ2n) is 7.14. The van der Waals surface area contributed by atoms with Crippen molar-refractivity contribution in [3.05, 3.63) is 36.2 Å². The Hall–Kier alpha value is -2.08. The monoisotopic (exact) mass is 348 g/mol. The number of pyridine rings is 1. The number of hydrogen-bond donors (Lipinski definition) is 0. The number of aromatic nitrogens is 1. The molecule has 1 fully saturated rings. The summed E-state index contributed by atoms with van der Waals surface area (Å²) in [5.74, 6) is 0.592. The summed E-state index contributed by atoms with van der Waals surface area (Å²) < 4.78 is 16.6. The Kier molecular flexibility index (Phi) is 5.72. The summed E-state index contributed by atoms with van der Waals surface area (Å²) in [5.41, 5.74) is 0.477. The largest absolute Gasteiger partial charge is 0.494 e. The van der Waals surface area contributed by atoms with Crippen LogP contribution in [0.5, 0.6) is 0 Å². The number of ether oxygens (including phenoxy) is 3. The van der Waals surface area contributed by atoms with Crippen molar-refractivity contribution in [2.24, 2.45) is 0 Å². The SMILES string of the molecule is C=C(OCC)c1ccc(C2(OC)CCN(C(=O)OC(C)(C)C)C2)nc1. The Labute approximate surface area is 149 Å². The smallest absolute Gasteiger partial charge is 0.410 e. The van der Waals surface area contributed by atoms with E-state index in [0.29, 0.717) is 31.9 Å². The van der Waals surface area contributed by atoms with Gasteiger partial charge in [0.05, 0.1) is 18.8 Å². The molecule has 1 aromatic heterocycles. The number of amides is 1. The molecule has 1 atom stereocenters. The van der Waals surface area contributed by atoms with Crippen LogP contribution in [-0.2, 0) is 19.8 Å². The molecular weight excluding hydrogens is 320 g/mol. The van der Waals surface area contributed by atoms with E-state index >= 15 is 0 Å². The lowest BCUT2D eigenvalue weighted by Crippen LogP contribution is -2.39. The maximum atomic E-state index is 12.3. The zero-order valence-electron chi connectivity index (χ0n) is 15.8. The molecule has 1 unspecified atom stereocenters. The van der Waals surface area contributed by atoms with E-state index in [2.05, 4.69) is 11.6 Å². The molecule has 1 aromatic rings. The zero-order chi connectivity index (χ0) is 18.7. The molecule has 25 heavy (non-hydrogen) atoms. The molecule has 1 saturated heterocycles. The molecule has 2 heterocycles. The van der Waals surface area contributed by atoms with Gasteiger partial charge in [0, 0.05) is 31.8 Å². The van der Waals surface area contributed by atoms with Gasteiger partial charge >= 0.3 is 6.09 Å². The van der Waals surface area contributed by atoms with Gasteiger partial charge in [0.15, 0.2) is 0 Å². The van der Waals surface area contributed by atoms with Crippen molar-refractivity contribution in [3.8, 4) is 0 Å². The van der Waals surface area contributed by atoms with Crippen LogP contribution in [0.3, 0.4) is 0 Å². The fraction of sp³-hybridized carbons (Fsp3) is 0.579. The quantitative estimate of drug-likeness (QED) is 0.761. The Morgan fingerprint density at radius 3 is 2.64 bits per heavy atom. The van der Waals surface area contributed by atoms with E-state index in [1.165, 1.54) is 0 Å². The van der Waals surface area contributed by atoms with Gasteiger partial charge in [-0.3, -0.25) is 4.98 Å². The van der Waals surface area contributed by atoms with E-state index < -0.39 is 11.2 Å². The number of methoxy groups -OCH3 is 1. The van der Waals surface area contributed by atoms with Crippen molar-refractivity contribution >= 4 is 11.9 Å². The molecule has 1 aliphatic rings. The van der Waals surface area contributed by atoms with E-state index in [9.17, 15) is 4.79 Å². The first-order valence-corrected chi connectivity index (χ1v) is 8.52. The topological polar surface area (TPSA) is 60.9 Å². The summed E-state index contributed by atoms with van der Waals surface area (Å²) >= 11 is 0. The minimum Gasteiger partial charge on any atom is -0.494 e. The Bertz CT molecular complexity index is 621. The van der Waals surface area contributed by atoms with Gasteiger partial charge in [-0.2, -0.15) is 0 Å². The molecule has 0 aromatic carbocycles. The van der Waals surface area contributed by atoms with Gasteiger partial charge in [0.25, 0.3) is 0 Å². The summed E-state index contributed by atoms with van der Waals surface area (Å²) in [4.78, 5) is 18.5. The highest BCUT2D eigenvalue weighted by Crippen LogP contribution is 2.35. The van der Waals surface area contributed by atoms with Gasteiger partial charge in [-0.05, 0) is 39.8 Å². The number of carbonyl (C=O) groups is 1. The van der Waals surface area contributed by atoms with Gasteiger partial charge in [0.2, 0.25) is 0 Å². The third-order valence-corrected chi connectivity index (χ3v) is 4.15. The normalized spacial score (nSPS) is 20.4. The Morgan fingerprint density at radius 1 is 1.40 bits per heavy atom. The maximum Gasteiger partial charge on any atom is 0.410 e. The highest BCUT2D eigenvalue weighted by Gasteiger charge is 2.44. The van der Waals surface area contributed by atoms with Crippen molar-refractivity contribution in [1.82, 2.24) is 9.88 Å². The molecule has 1 amide bonds. The van der Waals surface area contributed by atoms with Crippen LogP contribution in [0.4, 0.5) is 4.79 Å². The predicted molar refractivity (Wildman–Crippen MR) is 96.0 cm³/mol. The lowest BCUT2D eigenvalue weighted by Gasteiger charge is -2.28. The Morgan fingerprint density at radius 2 is 2.12 bits per heavy atom. The van der Waals surface area contributed by atoms with Crippen LogP contribution in [0.25, 0.3) is 5.76 Å². The van der Waals surface area contributed by atoms with Crippen molar-refractivity contribution in [2.75, 3.05) is 26.8 Å². The molecule has 0 N–H and O–H groups in total. The molecule has 0 spiro atoms. The highest BCUT2D eigenvalue weighted by molar-refractivity contribution is 5.68. The lowest BCUT2D eigenvalue weighted by molar-refractivity contribution is -0.0158. The van der Waals surface area contributed by atoms with Gasteiger partial charge < -0.3 is 19.1 Å². The number of carbonyl (C=O) groups excluding carboxylic acids is 1.